The number of nitrogen functional groups attached to an aromatic ring is 1. The second-order valence-electron chi connectivity index (χ2n) is 4.63. The molecule has 2 aliphatic heterocycles. The Bertz CT molecular complexity index is 437. The van der Waals surface area contributed by atoms with Gasteiger partial charge >= 0.3 is 0 Å². The highest BCUT2D eigenvalue weighted by Crippen LogP contribution is 2.27. The molecule has 2 aliphatic rings. The third kappa shape index (κ3) is 1.86. The van der Waals surface area contributed by atoms with Gasteiger partial charge in [0.15, 0.2) is 0 Å². The Kier molecular flexibility index (Phi) is 2.48. The number of rotatable bonds is 1. The molecule has 2 fully saturated rings. The quantitative estimate of drug-likeness (QED) is 0.774. The van der Waals surface area contributed by atoms with Gasteiger partial charge in [0, 0.05) is 31.2 Å². The van der Waals surface area contributed by atoms with Gasteiger partial charge in [0.05, 0.1) is 17.8 Å². The number of hydrogen-bond donors (Lipinski definition) is 1. The molecule has 90 valence electrons. The molecule has 2 unspecified atom stereocenters. The first-order valence-corrected chi connectivity index (χ1v) is 5.88. The Balaban J connectivity index is 1.81. The van der Waals surface area contributed by atoms with Gasteiger partial charge in [-0.1, -0.05) is 0 Å². The fourth-order valence-corrected chi connectivity index (χ4v) is 2.53. The lowest BCUT2D eigenvalue weighted by molar-refractivity contribution is -0.0303. The molecule has 5 nitrogen and oxygen atoms in total. The van der Waals surface area contributed by atoms with Crippen LogP contribution in [0.2, 0.25) is 0 Å². The molecule has 0 radical (unpaired) electrons. The number of aromatic nitrogens is 1. The van der Waals surface area contributed by atoms with Crippen molar-refractivity contribution in [3.8, 4) is 0 Å². The van der Waals surface area contributed by atoms with Crippen molar-refractivity contribution in [3.05, 3.63) is 24.0 Å². The Hall–Kier alpha value is -1.62. The molecule has 1 amide bonds. The summed E-state index contributed by atoms with van der Waals surface area (Å²) in [5.41, 5.74) is 6.78. The number of hydrogen-bond acceptors (Lipinski definition) is 4. The van der Waals surface area contributed by atoms with E-state index in [-0.39, 0.29) is 18.1 Å². The second kappa shape index (κ2) is 4.00. The first-order valence-electron chi connectivity index (χ1n) is 5.88. The molecule has 5 heteroatoms. The molecule has 1 aromatic rings. The zero-order valence-electron chi connectivity index (χ0n) is 9.50. The molecule has 0 spiro atoms. The summed E-state index contributed by atoms with van der Waals surface area (Å²) in [4.78, 5) is 18.1. The summed E-state index contributed by atoms with van der Waals surface area (Å²) in [7, 11) is 0. The van der Waals surface area contributed by atoms with Crippen LogP contribution in [0.5, 0.6) is 0 Å². The fourth-order valence-electron chi connectivity index (χ4n) is 2.53. The van der Waals surface area contributed by atoms with Crippen LogP contribution in [-0.4, -0.2) is 41.1 Å². The van der Waals surface area contributed by atoms with E-state index in [1.807, 2.05) is 4.90 Å². The van der Waals surface area contributed by atoms with E-state index < -0.39 is 0 Å². The zero-order chi connectivity index (χ0) is 11.8. The topological polar surface area (TPSA) is 68.5 Å². The van der Waals surface area contributed by atoms with E-state index in [0.29, 0.717) is 24.3 Å². The highest BCUT2D eigenvalue weighted by molar-refractivity contribution is 5.98. The molecule has 2 N–H and O–H groups in total. The number of carbonyl (C=O) groups excluding carboxylic acids is 1. The van der Waals surface area contributed by atoms with Gasteiger partial charge in [-0.2, -0.15) is 0 Å². The van der Waals surface area contributed by atoms with Crippen LogP contribution in [0.4, 0.5) is 5.69 Å². The standard InChI is InChI=1S/C12H15N3O2/c13-11-3-4-14-5-10(11)12(16)15-6-8-1-2-9(7-15)17-8/h3-5,8-9H,1-2,6-7H2,(H2,13,14). The number of anilines is 1. The molecule has 2 saturated heterocycles. The molecular formula is C12H15N3O2. The summed E-state index contributed by atoms with van der Waals surface area (Å²) in [6.45, 7) is 1.34. The van der Waals surface area contributed by atoms with Gasteiger partial charge in [0.25, 0.3) is 5.91 Å². The Morgan fingerprint density at radius 2 is 2.12 bits per heavy atom. The fraction of sp³-hybridized carbons (Fsp3) is 0.500. The smallest absolute Gasteiger partial charge is 0.257 e. The van der Waals surface area contributed by atoms with Crippen LogP contribution < -0.4 is 5.73 Å². The third-order valence-electron chi connectivity index (χ3n) is 3.42. The zero-order valence-corrected chi connectivity index (χ0v) is 9.50. The first-order chi connectivity index (χ1) is 8.24. The van der Waals surface area contributed by atoms with Gasteiger partial charge in [0.1, 0.15) is 0 Å². The predicted molar refractivity (Wildman–Crippen MR) is 62.4 cm³/mol. The number of fused-ring (bicyclic) bond motifs is 2. The van der Waals surface area contributed by atoms with Gasteiger partial charge in [0.2, 0.25) is 0 Å². The van der Waals surface area contributed by atoms with Crippen molar-refractivity contribution in [2.24, 2.45) is 0 Å². The first kappa shape index (κ1) is 10.5. The maximum Gasteiger partial charge on any atom is 0.257 e. The predicted octanol–water partition coefficient (Wildman–Crippen LogP) is 0.667. The molecule has 3 rings (SSSR count). The minimum absolute atomic E-state index is 0.0317. The average molecular weight is 233 g/mol. The third-order valence-corrected chi connectivity index (χ3v) is 3.42. The van der Waals surface area contributed by atoms with Gasteiger partial charge < -0.3 is 15.4 Å². The van der Waals surface area contributed by atoms with E-state index in [9.17, 15) is 4.79 Å². The number of carbonyl (C=O) groups is 1. The maximum absolute atomic E-state index is 12.3. The van der Waals surface area contributed by atoms with Crippen LogP contribution >= 0.6 is 0 Å². The summed E-state index contributed by atoms with van der Waals surface area (Å²) < 4.78 is 5.70. The van der Waals surface area contributed by atoms with Crippen molar-refractivity contribution in [1.29, 1.82) is 0 Å². The molecular weight excluding hydrogens is 218 g/mol. The lowest BCUT2D eigenvalue weighted by Gasteiger charge is -2.32. The number of nitrogens with two attached hydrogens (primary N) is 1. The van der Waals surface area contributed by atoms with Crippen molar-refractivity contribution in [2.45, 2.75) is 25.0 Å². The van der Waals surface area contributed by atoms with Crippen LogP contribution in [0.1, 0.15) is 23.2 Å². The number of likely N-dealkylation sites (tertiary alicyclic amines) is 1. The van der Waals surface area contributed by atoms with Crippen LogP contribution in [0, 0.1) is 0 Å². The number of amides is 1. The lowest BCUT2D eigenvalue weighted by atomic mass is 10.2. The molecule has 1 aromatic heterocycles. The van der Waals surface area contributed by atoms with Gasteiger partial charge in [-0.25, -0.2) is 0 Å². The van der Waals surface area contributed by atoms with E-state index in [2.05, 4.69) is 4.98 Å². The minimum atomic E-state index is -0.0317. The Labute approximate surface area is 99.6 Å². The van der Waals surface area contributed by atoms with E-state index in [1.54, 1.807) is 12.3 Å². The normalized spacial score (nSPS) is 27.2. The van der Waals surface area contributed by atoms with Gasteiger partial charge in [-0.05, 0) is 18.9 Å². The average Bonchev–Trinajstić information content (AvgIpc) is 2.68. The van der Waals surface area contributed by atoms with E-state index in [1.165, 1.54) is 6.20 Å². The van der Waals surface area contributed by atoms with Crippen molar-refractivity contribution in [1.82, 2.24) is 9.88 Å². The second-order valence-corrected chi connectivity index (χ2v) is 4.63. The molecule has 3 heterocycles. The summed E-state index contributed by atoms with van der Waals surface area (Å²) >= 11 is 0. The highest BCUT2D eigenvalue weighted by Gasteiger charge is 2.36. The summed E-state index contributed by atoms with van der Waals surface area (Å²) in [6.07, 6.45) is 5.64. The Morgan fingerprint density at radius 3 is 2.76 bits per heavy atom. The molecule has 2 bridgehead atoms. The largest absolute Gasteiger partial charge is 0.398 e. The number of morpholine rings is 1. The van der Waals surface area contributed by atoms with E-state index in [0.717, 1.165) is 12.8 Å². The van der Waals surface area contributed by atoms with Crippen molar-refractivity contribution in [3.63, 3.8) is 0 Å². The summed E-state index contributed by atoms with van der Waals surface area (Å²) in [5, 5.41) is 0. The SMILES string of the molecule is Nc1ccncc1C(=O)N1CC2CCC(C1)O2. The highest BCUT2D eigenvalue weighted by atomic mass is 16.5. The molecule has 17 heavy (non-hydrogen) atoms. The Morgan fingerprint density at radius 1 is 1.41 bits per heavy atom. The van der Waals surface area contributed by atoms with Crippen molar-refractivity contribution < 1.29 is 9.53 Å². The van der Waals surface area contributed by atoms with Crippen LogP contribution in [0.3, 0.4) is 0 Å². The van der Waals surface area contributed by atoms with Crippen molar-refractivity contribution >= 4 is 11.6 Å². The summed E-state index contributed by atoms with van der Waals surface area (Å²) in [5.74, 6) is -0.0317. The monoisotopic (exact) mass is 233 g/mol. The number of ether oxygens (including phenoxy) is 1. The van der Waals surface area contributed by atoms with Gasteiger partial charge in [-0.3, -0.25) is 9.78 Å². The van der Waals surface area contributed by atoms with Crippen molar-refractivity contribution in [2.75, 3.05) is 18.8 Å². The van der Waals surface area contributed by atoms with Crippen LogP contribution in [0.15, 0.2) is 18.5 Å². The molecule has 2 atom stereocenters. The van der Waals surface area contributed by atoms with Crippen LogP contribution in [0.25, 0.3) is 0 Å². The minimum Gasteiger partial charge on any atom is -0.398 e. The number of nitrogens with zero attached hydrogens (tertiary/aromatic N) is 2. The lowest BCUT2D eigenvalue weighted by Crippen LogP contribution is -2.46. The molecule has 0 saturated carbocycles. The molecule has 0 aliphatic carbocycles. The van der Waals surface area contributed by atoms with Gasteiger partial charge in [-0.15, -0.1) is 0 Å². The number of pyridine rings is 1. The van der Waals surface area contributed by atoms with E-state index >= 15 is 0 Å². The van der Waals surface area contributed by atoms with E-state index in [4.69, 9.17) is 10.5 Å². The maximum atomic E-state index is 12.3. The molecule has 0 aromatic carbocycles. The van der Waals surface area contributed by atoms with Crippen LogP contribution in [-0.2, 0) is 4.74 Å². The summed E-state index contributed by atoms with van der Waals surface area (Å²) in [6, 6.07) is 1.66.